The summed E-state index contributed by atoms with van der Waals surface area (Å²) in [4.78, 5) is 13.3. The number of ether oxygens (including phenoxy) is 2. The lowest BCUT2D eigenvalue weighted by Crippen LogP contribution is -2.07. The number of amides is 1. The van der Waals surface area contributed by atoms with E-state index in [2.05, 4.69) is 27.6 Å². The number of hydrogen-bond donors (Lipinski definition) is 1. The lowest BCUT2D eigenvalue weighted by Gasteiger charge is -1.98. The van der Waals surface area contributed by atoms with Crippen LogP contribution in [-0.2, 0) is 10.5 Å². The van der Waals surface area contributed by atoms with E-state index in [0.29, 0.717) is 22.4 Å². The first kappa shape index (κ1) is 17.6. The number of nitrogens with one attached hydrogen (secondary N) is 1. The van der Waals surface area contributed by atoms with Crippen molar-refractivity contribution < 1.29 is 14.3 Å². The topological polar surface area (TPSA) is 73.3 Å². The number of nitrogens with zero attached hydrogens (tertiary/aromatic N) is 2. The second-order valence-corrected chi connectivity index (χ2v) is 7.65. The molecule has 1 amide bonds. The molecule has 0 atom stereocenters. The van der Waals surface area contributed by atoms with Gasteiger partial charge in [0.15, 0.2) is 11.5 Å². The summed E-state index contributed by atoms with van der Waals surface area (Å²) >= 11 is 3.06. The predicted molar refractivity (Wildman–Crippen MR) is 106 cm³/mol. The molecule has 0 spiro atoms. The highest BCUT2D eigenvalue weighted by Gasteiger charge is 2.12. The highest BCUT2D eigenvalue weighted by Crippen LogP contribution is 2.32. The number of rotatable bonds is 6. The summed E-state index contributed by atoms with van der Waals surface area (Å²) in [6.07, 6.45) is 3.17. The van der Waals surface area contributed by atoms with Crippen LogP contribution in [0.1, 0.15) is 10.6 Å². The van der Waals surface area contributed by atoms with Crippen LogP contribution < -0.4 is 14.8 Å². The molecule has 0 saturated heterocycles. The Hall–Kier alpha value is -2.84. The van der Waals surface area contributed by atoms with Crippen LogP contribution in [0.2, 0.25) is 0 Å². The van der Waals surface area contributed by atoms with Crippen molar-refractivity contribution >= 4 is 40.2 Å². The van der Waals surface area contributed by atoms with Crippen molar-refractivity contribution in [1.29, 1.82) is 0 Å². The van der Waals surface area contributed by atoms with Gasteiger partial charge < -0.3 is 9.47 Å². The van der Waals surface area contributed by atoms with E-state index in [9.17, 15) is 4.79 Å². The SMILES string of the molecule is O=C(/C=C/c1ccc2c(c1)OCO2)Nc1nnc(CSc2ccccc2)s1. The van der Waals surface area contributed by atoms with E-state index in [1.165, 1.54) is 22.3 Å². The Labute approximate surface area is 164 Å². The van der Waals surface area contributed by atoms with Crippen molar-refractivity contribution in [3.8, 4) is 11.5 Å². The van der Waals surface area contributed by atoms with Crippen LogP contribution in [0.5, 0.6) is 11.5 Å². The Morgan fingerprint density at radius 2 is 2.00 bits per heavy atom. The molecular formula is C19H15N3O3S2. The van der Waals surface area contributed by atoms with Gasteiger partial charge in [0.2, 0.25) is 17.8 Å². The summed E-state index contributed by atoms with van der Waals surface area (Å²) in [7, 11) is 0. The van der Waals surface area contributed by atoms with E-state index in [1.54, 1.807) is 17.8 Å². The van der Waals surface area contributed by atoms with Crippen LogP contribution >= 0.6 is 23.1 Å². The van der Waals surface area contributed by atoms with Gasteiger partial charge in [-0.2, -0.15) is 0 Å². The zero-order valence-corrected chi connectivity index (χ0v) is 15.8. The van der Waals surface area contributed by atoms with Gasteiger partial charge in [0, 0.05) is 11.0 Å². The van der Waals surface area contributed by atoms with E-state index < -0.39 is 0 Å². The Bertz CT molecular complexity index is 973. The van der Waals surface area contributed by atoms with E-state index in [-0.39, 0.29) is 12.7 Å². The number of carbonyl (C=O) groups is 1. The summed E-state index contributed by atoms with van der Waals surface area (Å²) in [6, 6.07) is 15.6. The Kier molecular flexibility index (Phi) is 5.36. The number of fused-ring (bicyclic) bond motifs is 1. The second kappa shape index (κ2) is 8.24. The van der Waals surface area contributed by atoms with Gasteiger partial charge in [0.05, 0.1) is 5.75 Å². The highest BCUT2D eigenvalue weighted by molar-refractivity contribution is 7.98. The van der Waals surface area contributed by atoms with Crippen LogP contribution in [0, 0.1) is 0 Å². The molecule has 0 aliphatic carbocycles. The zero-order chi connectivity index (χ0) is 18.5. The van der Waals surface area contributed by atoms with E-state index in [1.807, 2.05) is 36.4 Å². The summed E-state index contributed by atoms with van der Waals surface area (Å²) in [5.74, 6) is 1.85. The van der Waals surface area contributed by atoms with Gasteiger partial charge in [-0.05, 0) is 35.9 Å². The molecule has 3 aromatic rings. The van der Waals surface area contributed by atoms with Gasteiger partial charge in [0.1, 0.15) is 5.01 Å². The lowest BCUT2D eigenvalue weighted by atomic mass is 10.2. The maximum atomic E-state index is 12.1. The first-order chi connectivity index (χ1) is 13.3. The molecule has 2 heterocycles. The number of hydrogen-bond acceptors (Lipinski definition) is 7. The molecular weight excluding hydrogens is 382 g/mol. The van der Waals surface area contributed by atoms with Crippen LogP contribution in [0.15, 0.2) is 59.5 Å². The minimum atomic E-state index is -0.258. The summed E-state index contributed by atoms with van der Waals surface area (Å²) < 4.78 is 10.6. The Balaban J connectivity index is 1.31. The third kappa shape index (κ3) is 4.66. The summed E-state index contributed by atoms with van der Waals surface area (Å²) in [5, 5.41) is 12.2. The van der Waals surface area contributed by atoms with E-state index in [4.69, 9.17) is 9.47 Å². The van der Waals surface area contributed by atoms with Gasteiger partial charge in [-0.3, -0.25) is 10.1 Å². The molecule has 1 aliphatic rings. The quantitative estimate of drug-likeness (QED) is 0.496. The molecule has 8 heteroatoms. The van der Waals surface area contributed by atoms with Crippen LogP contribution in [-0.4, -0.2) is 22.9 Å². The Morgan fingerprint density at radius 1 is 1.15 bits per heavy atom. The number of benzene rings is 2. The van der Waals surface area contributed by atoms with Crippen LogP contribution in [0.3, 0.4) is 0 Å². The molecule has 4 rings (SSSR count). The molecule has 0 radical (unpaired) electrons. The third-order valence-electron chi connectivity index (χ3n) is 3.63. The van der Waals surface area contributed by atoms with Gasteiger partial charge in [-0.15, -0.1) is 22.0 Å². The largest absolute Gasteiger partial charge is 0.454 e. The first-order valence-corrected chi connectivity index (χ1v) is 9.95. The van der Waals surface area contributed by atoms with Crippen molar-refractivity contribution in [1.82, 2.24) is 10.2 Å². The average molecular weight is 397 g/mol. The summed E-state index contributed by atoms with van der Waals surface area (Å²) in [5.41, 5.74) is 0.853. The van der Waals surface area contributed by atoms with Crippen molar-refractivity contribution in [3.05, 3.63) is 65.2 Å². The molecule has 0 unspecified atom stereocenters. The van der Waals surface area contributed by atoms with Gasteiger partial charge in [-0.25, -0.2) is 0 Å². The van der Waals surface area contributed by atoms with Crippen molar-refractivity contribution in [2.24, 2.45) is 0 Å². The first-order valence-electron chi connectivity index (χ1n) is 8.15. The number of thioether (sulfide) groups is 1. The molecule has 6 nitrogen and oxygen atoms in total. The van der Waals surface area contributed by atoms with Crippen molar-refractivity contribution in [3.63, 3.8) is 0 Å². The highest BCUT2D eigenvalue weighted by atomic mass is 32.2. The minimum Gasteiger partial charge on any atom is -0.454 e. The van der Waals surface area contributed by atoms with Gasteiger partial charge in [-0.1, -0.05) is 35.6 Å². The molecule has 27 heavy (non-hydrogen) atoms. The summed E-state index contributed by atoms with van der Waals surface area (Å²) in [6.45, 7) is 0.227. The normalized spacial score (nSPS) is 12.4. The third-order valence-corrected chi connectivity index (χ3v) is 5.67. The minimum absolute atomic E-state index is 0.227. The lowest BCUT2D eigenvalue weighted by molar-refractivity contribution is -0.111. The zero-order valence-electron chi connectivity index (χ0n) is 14.1. The molecule has 0 saturated carbocycles. The van der Waals surface area contributed by atoms with Crippen LogP contribution in [0.25, 0.3) is 6.08 Å². The van der Waals surface area contributed by atoms with Crippen molar-refractivity contribution in [2.45, 2.75) is 10.6 Å². The fraction of sp³-hybridized carbons (Fsp3) is 0.105. The molecule has 1 aromatic heterocycles. The predicted octanol–water partition coefficient (Wildman–Crippen LogP) is 4.21. The Morgan fingerprint density at radius 3 is 2.89 bits per heavy atom. The fourth-order valence-corrected chi connectivity index (χ4v) is 4.01. The fourth-order valence-electron chi connectivity index (χ4n) is 2.36. The van der Waals surface area contributed by atoms with E-state index in [0.717, 1.165) is 10.6 Å². The molecule has 1 N–H and O–H groups in total. The maximum absolute atomic E-state index is 12.1. The van der Waals surface area contributed by atoms with Gasteiger partial charge >= 0.3 is 0 Å². The molecule has 0 fully saturated rings. The maximum Gasteiger partial charge on any atom is 0.250 e. The van der Waals surface area contributed by atoms with Crippen LogP contribution in [0.4, 0.5) is 5.13 Å². The smallest absolute Gasteiger partial charge is 0.250 e. The number of aromatic nitrogens is 2. The second-order valence-electron chi connectivity index (χ2n) is 5.54. The number of carbonyl (C=O) groups excluding carboxylic acids is 1. The average Bonchev–Trinajstić information content (AvgIpc) is 3.34. The number of anilines is 1. The molecule has 2 aromatic carbocycles. The molecule has 136 valence electrons. The molecule has 0 bridgehead atoms. The molecule has 1 aliphatic heterocycles. The standard InChI is InChI=1S/C19H15N3O3S2/c23-17(9-7-13-6-8-15-16(10-13)25-12-24-15)20-19-22-21-18(27-19)11-26-14-4-2-1-3-5-14/h1-10H,11-12H2,(H,20,22,23)/b9-7+. The van der Waals surface area contributed by atoms with Gasteiger partial charge in [0.25, 0.3) is 0 Å². The van der Waals surface area contributed by atoms with Crippen molar-refractivity contribution in [2.75, 3.05) is 12.1 Å². The monoisotopic (exact) mass is 397 g/mol. The van der Waals surface area contributed by atoms with E-state index >= 15 is 0 Å².